The fraction of sp³-hybridized carbons (Fsp3) is 0.364. The van der Waals surface area contributed by atoms with E-state index in [1.54, 1.807) is 6.20 Å². The van der Waals surface area contributed by atoms with Gasteiger partial charge in [-0.25, -0.2) is 0 Å². The molecule has 0 bridgehead atoms. The van der Waals surface area contributed by atoms with Gasteiger partial charge in [0.2, 0.25) is 0 Å². The number of nitrogens with zero attached hydrogens (tertiary/aromatic N) is 1. The molecular weight excluding hydrogens is 162 g/mol. The van der Waals surface area contributed by atoms with E-state index < -0.39 is 0 Å². The van der Waals surface area contributed by atoms with Crippen LogP contribution in [-0.2, 0) is 0 Å². The second kappa shape index (κ2) is 4.65. The molecule has 0 aliphatic carbocycles. The molecule has 0 N–H and O–H groups in total. The van der Waals surface area contributed by atoms with Gasteiger partial charge in [-0.05, 0) is 25.0 Å². The Balaban J connectivity index is 2.50. The maximum absolute atomic E-state index is 5.50. The quantitative estimate of drug-likeness (QED) is 0.660. The summed E-state index contributed by atoms with van der Waals surface area (Å²) in [6.45, 7) is 8.49. The van der Waals surface area contributed by atoms with Gasteiger partial charge in [-0.2, -0.15) is 0 Å². The van der Waals surface area contributed by atoms with Gasteiger partial charge in [-0.15, -0.1) is 0 Å². The molecule has 0 saturated carbocycles. The Hall–Kier alpha value is -1.31. The summed E-state index contributed by atoms with van der Waals surface area (Å²) in [7, 11) is 0. The van der Waals surface area contributed by atoms with Crippen LogP contribution in [0.2, 0.25) is 0 Å². The first kappa shape index (κ1) is 9.78. The van der Waals surface area contributed by atoms with Crippen LogP contribution in [-0.4, -0.2) is 11.6 Å². The highest BCUT2D eigenvalue weighted by molar-refractivity contribution is 5.22. The van der Waals surface area contributed by atoms with E-state index in [1.165, 1.54) is 0 Å². The summed E-state index contributed by atoms with van der Waals surface area (Å²) in [5, 5.41) is 0. The number of aryl methyl sites for hydroxylation is 1. The van der Waals surface area contributed by atoms with E-state index >= 15 is 0 Å². The molecule has 0 aliphatic heterocycles. The fourth-order valence-electron chi connectivity index (χ4n) is 0.897. The lowest BCUT2D eigenvalue weighted by molar-refractivity contribution is 0.348. The molecule has 0 amide bonds. The Bertz CT molecular complexity index is 294. The summed E-state index contributed by atoms with van der Waals surface area (Å²) in [6, 6.07) is 3.78. The molecule has 1 aromatic rings. The Morgan fingerprint density at radius 3 is 3.00 bits per heavy atom. The standard InChI is InChI=1S/C11H15NO/c1-4-9(2)8-13-11-5-6-12-10(3)7-11/h5-7H,2,4,8H2,1,3H3. The van der Waals surface area contributed by atoms with Gasteiger partial charge in [0.1, 0.15) is 12.4 Å². The third-order valence-electron chi connectivity index (χ3n) is 1.81. The molecule has 1 aromatic heterocycles. The largest absolute Gasteiger partial charge is 0.489 e. The zero-order chi connectivity index (χ0) is 9.68. The van der Waals surface area contributed by atoms with Crippen LogP contribution in [0.5, 0.6) is 5.75 Å². The minimum Gasteiger partial charge on any atom is -0.489 e. The number of hydrogen-bond donors (Lipinski definition) is 0. The van der Waals surface area contributed by atoms with Crippen molar-refractivity contribution in [2.75, 3.05) is 6.61 Å². The van der Waals surface area contributed by atoms with Gasteiger partial charge < -0.3 is 4.74 Å². The second-order valence-corrected chi connectivity index (χ2v) is 3.03. The maximum Gasteiger partial charge on any atom is 0.123 e. The first-order valence-corrected chi connectivity index (χ1v) is 4.44. The van der Waals surface area contributed by atoms with Gasteiger partial charge in [0.05, 0.1) is 0 Å². The third kappa shape index (κ3) is 3.28. The fourth-order valence-corrected chi connectivity index (χ4v) is 0.897. The van der Waals surface area contributed by atoms with E-state index in [0.717, 1.165) is 23.4 Å². The third-order valence-corrected chi connectivity index (χ3v) is 1.81. The van der Waals surface area contributed by atoms with Crippen LogP contribution in [0.3, 0.4) is 0 Å². The van der Waals surface area contributed by atoms with Gasteiger partial charge >= 0.3 is 0 Å². The molecular formula is C11H15NO. The molecule has 0 spiro atoms. The van der Waals surface area contributed by atoms with E-state index in [2.05, 4.69) is 18.5 Å². The Labute approximate surface area is 79.3 Å². The molecule has 0 saturated heterocycles. The lowest BCUT2D eigenvalue weighted by Crippen LogP contribution is -1.99. The topological polar surface area (TPSA) is 22.1 Å². The maximum atomic E-state index is 5.50. The van der Waals surface area contributed by atoms with Crippen LogP contribution in [0.4, 0.5) is 0 Å². The molecule has 2 heteroatoms. The number of pyridine rings is 1. The number of ether oxygens (including phenoxy) is 1. The van der Waals surface area contributed by atoms with Gasteiger partial charge in [0, 0.05) is 18.0 Å². The second-order valence-electron chi connectivity index (χ2n) is 3.03. The van der Waals surface area contributed by atoms with Crippen molar-refractivity contribution in [1.82, 2.24) is 4.98 Å². The highest BCUT2D eigenvalue weighted by Crippen LogP contribution is 2.11. The number of hydrogen-bond acceptors (Lipinski definition) is 2. The van der Waals surface area contributed by atoms with Crippen LogP contribution in [0.15, 0.2) is 30.5 Å². The van der Waals surface area contributed by atoms with Crippen molar-refractivity contribution in [2.45, 2.75) is 20.3 Å². The highest BCUT2D eigenvalue weighted by atomic mass is 16.5. The van der Waals surface area contributed by atoms with Crippen LogP contribution in [0.1, 0.15) is 19.0 Å². The Morgan fingerprint density at radius 1 is 1.62 bits per heavy atom. The summed E-state index contributed by atoms with van der Waals surface area (Å²) >= 11 is 0. The van der Waals surface area contributed by atoms with Crippen molar-refractivity contribution >= 4 is 0 Å². The van der Waals surface area contributed by atoms with E-state index in [0.29, 0.717) is 6.61 Å². The van der Waals surface area contributed by atoms with E-state index in [1.807, 2.05) is 19.1 Å². The Morgan fingerprint density at radius 2 is 2.38 bits per heavy atom. The molecule has 13 heavy (non-hydrogen) atoms. The zero-order valence-electron chi connectivity index (χ0n) is 8.21. The molecule has 0 fully saturated rings. The lowest BCUT2D eigenvalue weighted by Gasteiger charge is -2.06. The summed E-state index contributed by atoms with van der Waals surface area (Å²) in [6.07, 6.45) is 2.71. The first-order valence-electron chi connectivity index (χ1n) is 4.44. The molecule has 0 unspecified atom stereocenters. The van der Waals surface area contributed by atoms with Crippen molar-refractivity contribution in [2.24, 2.45) is 0 Å². The highest BCUT2D eigenvalue weighted by Gasteiger charge is 1.95. The zero-order valence-corrected chi connectivity index (χ0v) is 8.21. The van der Waals surface area contributed by atoms with E-state index in [-0.39, 0.29) is 0 Å². The SMILES string of the molecule is C=C(CC)COc1ccnc(C)c1. The predicted octanol–water partition coefficient (Wildman–Crippen LogP) is 2.74. The lowest BCUT2D eigenvalue weighted by atomic mass is 10.2. The van der Waals surface area contributed by atoms with E-state index in [9.17, 15) is 0 Å². The predicted molar refractivity (Wildman–Crippen MR) is 53.9 cm³/mol. The monoisotopic (exact) mass is 177 g/mol. The summed E-state index contributed by atoms with van der Waals surface area (Å²) in [5.74, 6) is 0.863. The van der Waals surface area contributed by atoms with Crippen molar-refractivity contribution in [1.29, 1.82) is 0 Å². The molecule has 1 heterocycles. The average Bonchev–Trinajstić information content (AvgIpc) is 2.14. The molecule has 0 radical (unpaired) electrons. The minimum atomic E-state index is 0.597. The molecule has 70 valence electrons. The van der Waals surface area contributed by atoms with Crippen LogP contribution in [0, 0.1) is 6.92 Å². The summed E-state index contributed by atoms with van der Waals surface area (Å²) in [4.78, 5) is 4.08. The van der Waals surface area contributed by atoms with Crippen LogP contribution in [0.25, 0.3) is 0 Å². The summed E-state index contributed by atoms with van der Waals surface area (Å²) < 4.78 is 5.50. The number of rotatable bonds is 4. The smallest absolute Gasteiger partial charge is 0.123 e. The van der Waals surface area contributed by atoms with Gasteiger partial charge in [-0.3, -0.25) is 4.98 Å². The molecule has 0 aromatic carbocycles. The normalized spacial score (nSPS) is 9.69. The average molecular weight is 177 g/mol. The number of aromatic nitrogens is 1. The van der Waals surface area contributed by atoms with E-state index in [4.69, 9.17) is 4.74 Å². The molecule has 2 nitrogen and oxygen atoms in total. The molecule has 1 rings (SSSR count). The van der Waals surface area contributed by atoms with Crippen LogP contribution >= 0.6 is 0 Å². The molecule has 0 atom stereocenters. The van der Waals surface area contributed by atoms with Gasteiger partial charge in [-0.1, -0.05) is 13.5 Å². The first-order chi connectivity index (χ1) is 6.22. The van der Waals surface area contributed by atoms with Crippen LogP contribution < -0.4 is 4.74 Å². The van der Waals surface area contributed by atoms with Gasteiger partial charge in [0.15, 0.2) is 0 Å². The molecule has 0 aliphatic rings. The Kier molecular flexibility index (Phi) is 3.50. The van der Waals surface area contributed by atoms with Crippen molar-refractivity contribution in [3.8, 4) is 5.75 Å². The van der Waals surface area contributed by atoms with Crippen molar-refractivity contribution in [3.05, 3.63) is 36.2 Å². The summed E-state index contributed by atoms with van der Waals surface area (Å²) in [5.41, 5.74) is 2.08. The van der Waals surface area contributed by atoms with Crippen molar-refractivity contribution < 1.29 is 4.74 Å². The van der Waals surface area contributed by atoms with Gasteiger partial charge in [0.25, 0.3) is 0 Å². The van der Waals surface area contributed by atoms with Crippen molar-refractivity contribution in [3.63, 3.8) is 0 Å². The minimum absolute atomic E-state index is 0.597.